The summed E-state index contributed by atoms with van der Waals surface area (Å²) < 4.78 is 42.0. The number of ether oxygens (including phenoxy) is 3. The fourth-order valence-corrected chi connectivity index (χ4v) is 1.93. The highest BCUT2D eigenvalue weighted by molar-refractivity contribution is 5.83. The highest BCUT2D eigenvalue weighted by atomic mass is 19.1. The number of hydrogen-bond acceptors (Lipinski definition) is 5. The topological polar surface area (TPSA) is 52.1 Å². The third-order valence-corrected chi connectivity index (χ3v) is 3.02. The molecule has 7 heteroatoms. The van der Waals surface area contributed by atoms with Crippen LogP contribution in [0.5, 0.6) is 17.2 Å². The van der Waals surface area contributed by atoms with Crippen molar-refractivity contribution >= 4 is 11.9 Å². The largest absolute Gasteiger partial charge is 0.493 e. The molecule has 2 aromatic carbocycles. The van der Waals surface area contributed by atoms with Crippen molar-refractivity contribution in [3.05, 3.63) is 47.5 Å². The van der Waals surface area contributed by atoms with E-state index in [1.807, 2.05) is 0 Å². The summed E-state index contributed by atoms with van der Waals surface area (Å²) in [6, 6.07) is 6.55. The van der Waals surface area contributed by atoms with Crippen molar-refractivity contribution in [1.29, 1.82) is 0 Å². The Morgan fingerprint density at radius 1 is 0.957 bits per heavy atom. The van der Waals surface area contributed by atoms with Crippen LogP contribution in [0, 0.1) is 11.6 Å². The van der Waals surface area contributed by atoms with Crippen molar-refractivity contribution < 1.29 is 23.0 Å². The number of hydrogen-bond donors (Lipinski definition) is 1. The normalized spacial score (nSPS) is 10.7. The van der Waals surface area contributed by atoms with Crippen molar-refractivity contribution in [2.75, 3.05) is 26.8 Å². The molecule has 2 rings (SSSR count). The molecule has 5 nitrogen and oxygen atoms in total. The van der Waals surface area contributed by atoms with Crippen LogP contribution in [0.1, 0.15) is 5.56 Å². The Hall–Kier alpha value is -2.83. The molecule has 2 aromatic rings. The molecule has 0 aliphatic rings. The molecule has 0 fully saturated rings. The summed E-state index contributed by atoms with van der Waals surface area (Å²) in [6.07, 6.45) is 1.45. The van der Waals surface area contributed by atoms with Gasteiger partial charge in [0.15, 0.2) is 17.3 Å². The van der Waals surface area contributed by atoms with E-state index in [4.69, 9.17) is 14.2 Å². The van der Waals surface area contributed by atoms with Crippen molar-refractivity contribution in [1.82, 2.24) is 0 Å². The van der Waals surface area contributed by atoms with Crippen molar-refractivity contribution in [3.63, 3.8) is 0 Å². The Balaban J connectivity index is 2.22. The Bertz CT molecular complexity index is 695. The second-order valence-corrected chi connectivity index (χ2v) is 4.45. The zero-order chi connectivity index (χ0) is 16.8. The molecule has 0 unspecified atom stereocenters. The van der Waals surface area contributed by atoms with E-state index < -0.39 is 11.6 Å². The fourth-order valence-electron chi connectivity index (χ4n) is 1.93. The molecule has 0 saturated heterocycles. The Kier molecular flexibility index (Phi) is 5.35. The number of benzene rings is 2. The van der Waals surface area contributed by atoms with Crippen LogP contribution in [0.4, 0.5) is 14.5 Å². The molecule has 23 heavy (non-hydrogen) atoms. The number of nitrogens with one attached hydrogen (secondary N) is 1. The maximum Gasteiger partial charge on any atom is 0.203 e. The Labute approximate surface area is 132 Å². The van der Waals surface area contributed by atoms with Gasteiger partial charge in [-0.3, -0.25) is 5.43 Å². The highest BCUT2D eigenvalue weighted by Crippen LogP contribution is 2.37. The number of halogens is 2. The van der Waals surface area contributed by atoms with Gasteiger partial charge in [-0.25, -0.2) is 8.78 Å². The average molecular weight is 322 g/mol. The molecule has 0 atom stereocenters. The average Bonchev–Trinajstić information content (AvgIpc) is 2.55. The van der Waals surface area contributed by atoms with E-state index in [9.17, 15) is 8.78 Å². The van der Waals surface area contributed by atoms with Crippen molar-refractivity contribution in [2.45, 2.75) is 0 Å². The van der Waals surface area contributed by atoms with Gasteiger partial charge < -0.3 is 14.2 Å². The van der Waals surface area contributed by atoms with Crippen LogP contribution in [0.15, 0.2) is 35.4 Å². The molecule has 0 spiro atoms. The van der Waals surface area contributed by atoms with Gasteiger partial charge in [0, 0.05) is 11.6 Å². The van der Waals surface area contributed by atoms with Crippen molar-refractivity contribution in [3.8, 4) is 17.2 Å². The number of rotatable bonds is 6. The molecule has 0 bridgehead atoms. The molecule has 1 N–H and O–H groups in total. The lowest BCUT2D eigenvalue weighted by Gasteiger charge is -2.12. The zero-order valence-corrected chi connectivity index (χ0v) is 12.9. The highest BCUT2D eigenvalue weighted by Gasteiger charge is 2.12. The summed E-state index contributed by atoms with van der Waals surface area (Å²) in [5, 5.41) is 3.92. The molecule has 0 radical (unpaired) electrons. The molecule has 122 valence electrons. The molecule has 0 aromatic heterocycles. The van der Waals surface area contributed by atoms with Gasteiger partial charge in [0.2, 0.25) is 5.75 Å². The molecular formula is C16H16F2N2O3. The maximum absolute atomic E-state index is 13.5. The molecule has 0 aliphatic carbocycles. The van der Waals surface area contributed by atoms with Gasteiger partial charge in [0.1, 0.15) is 5.82 Å². The first-order valence-electron chi connectivity index (χ1n) is 6.63. The standard InChI is InChI=1S/C16H16F2N2O3/c1-21-14-6-10(7-15(22-2)16(14)23-3)9-19-20-13-5-4-11(17)8-12(13)18/h4-9,20H,1-3H3/b19-9+. The van der Waals surface area contributed by atoms with Gasteiger partial charge in [0.25, 0.3) is 0 Å². The number of methoxy groups -OCH3 is 3. The molecule has 0 amide bonds. The molecular weight excluding hydrogens is 306 g/mol. The van der Waals surface area contributed by atoms with Crippen LogP contribution in [0.3, 0.4) is 0 Å². The summed E-state index contributed by atoms with van der Waals surface area (Å²) in [5.74, 6) is 0.0286. The van der Waals surface area contributed by atoms with Crippen LogP contribution >= 0.6 is 0 Å². The zero-order valence-electron chi connectivity index (χ0n) is 12.9. The van der Waals surface area contributed by atoms with E-state index in [0.29, 0.717) is 22.8 Å². The Morgan fingerprint density at radius 2 is 1.61 bits per heavy atom. The van der Waals surface area contributed by atoms with Crippen LogP contribution in [0.25, 0.3) is 0 Å². The smallest absolute Gasteiger partial charge is 0.203 e. The minimum atomic E-state index is -0.730. The van der Waals surface area contributed by atoms with Gasteiger partial charge in [-0.1, -0.05) is 0 Å². The van der Waals surface area contributed by atoms with Crippen molar-refractivity contribution in [2.24, 2.45) is 5.10 Å². The first kappa shape index (κ1) is 16.5. The first-order valence-corrected chi connectivity index (χ1v) is 6.63. The van der Waals surface area contributed by atoms with Crippen LogP contribution in [-0.2, 0) is 0 Å². The van der Waals surface area contributed by atoms with Crippen LogP contribution < -0.4 is 19.6 Å². The number of nitrogens with zero attached hydrogens (tertiary/aromatic N) is 1. The van der Waals surface area contributed by atoms with E-state index in [-0.39, 0.29) is 5.69 Å². The summed E-state index contributed by atoms with van der Waals surface area (Å²) in [6.45, 7) is 0. The van der Waals surface area contributed by atoms with Crippen LogP contribution in [0.2, 0.25) is 0 Å². The quantitative estimate of drug-likeness (QED) is 0.654. The third-order valence-electron chi connectivity index (χ3n) is 3.02. The monoisotopic (exact) mass is 322 g/mol. The van der Waals surface area contributed by atoms with Crippen LogP contribution in [-0.4, -0.2) is 27.5 Å². The molecule has 0 aliphatic heterocycles. The van der Waals surface area contributed by atoms with E-state index in [1.54, 1.807) is 12.1 Å². The van der Waals surface area contributed by atoms with Gasteiger partial charge in [0.05, 0.1) is 33.2 Å². The lowest BCUT2D eigenvalue weighted by molar-refractivity contribution is 0.324. The van der Waals surface area contributed by atoms with E-state index in [2.05, 4.69) is 10.5 Å². The van der Waals surface area contributed by atoms with Gasteiger partial charge >= 0.3 is 0 Å². The number of hydrazone groups is 1. The first-order chi connectivity index (χ1) is 11.1. The summed E-state index contributed by atoms with van der Waals surface area (Å²) in [7, 11) is 4.52. The minimum absolute atomic E-state index is 0.0649. The maximum atomic E-state index is 13.5. The predicted molar refractivity (Wildman–Crippen MR) is 83.7 cm³/mol. The minimum Gasteiger partial charge on any atom is -0.493 e. The summed E-state index contributed by atoms with van der Waals surface area (Å²) >= 11 is 0. The lowest BCUT2D eigenvalue weighted by Crippen LogP contribution is -1.98. The van der Waals surface area contributed by atoms with E-state index in [0.717, 1.165) is 12.1 Å². The Morgan fingerprint density at radius 3 is 2.13 bits per heavy atom. The molecule has 0 heterocycles. The van der Waals surface area contributed by atoms with E-state index >= 15 is 0 Å². The SMILES string of the molecule is COc1cc(/C=N/Nc2ccc(F)cc2F)cc(OC)c1OC. The molecule has 0 saturated carbocycles. The summed E-state index contributed by atoms with van der Waals surface area (Å²) in [5.41, 5.74) is 3.22. The summed E-state index contributed by atoms with van der Waals surface area (Å²) in [4.78, 5) is 0. The lowest BCUT2D eigenvalue weighted by atomic mass is 10.2. The van der Waals surface area contributed by atoms with Gasteiger partial charge in [-0.05, 0) is 24.3 Å². The fraction of sp³-hybridized carbons (Fsp3) is 0.188. The predicted octanol–water partition coefficient (Wildman–Crippen LogP) is 3.44. The second kappa shape index (κ2) is 7.44. The van der Waals surface area contributed by atoms with Gasteiger partial charge in [-0.15, -0.1) is 0 Å². The second-order valence-electron chi connectivity index (χ2n) is 4.45. The number of anilines is 1. The van der Waals surface area contributed by atoms with Gasteiger partial charge in [-0.2, -0.15) is 5.10 Å². The van der Waals surface area contributed by atoms with E-state index in [1.165, 1.54) is 33.6 Å². The third kappa shape index (κ3) is 3.88.